The maximum atomic E-state index is 10.3. The number of aromatic nitrogens is 2. The minimum absolute atomic E-state index is 0.285. The Balaban J connectivity index is 2.81. The summed E-state index contributed by atoms with van der Waals surface area (Å²) in [4.78, 5) is 10.3. The predicted molar refractivity (Wildman–Crippen MR) is 45.2 cm³/mol. The molecule has 0 bridgehead atoms. The standard InChI is InChI=1S/C8H12N2O3/c1-5-6(4-10(2)9-5)7(11)3-8(12)13/h4,7,11H,3H2,1-2H3,(H,12,13)/t7-/m0/s1. The minimum atomic E-state index is -1.02. The van der Waals surface area contributed by atoms with Gasteiger partial charge in [-0.25, -0.2) is 0 Å². The van der Waals surface area contributed by atoms with Crippen molar-refractivity contribution >= 4 is 5.97 Å². The number of aliphatic hydroxyl groups excluding tert-OH is 1. The molecule has 0 fully saturated rings. The van der Waals surface area contributed by atoms with Crippen LogP contribution in [0.1, 0.15) is 23.8 Å². The first-order chi connectivity index (χ1) is 6.00. The second kappa shape index (κ2) is 3.57. The summed E-state index contributed by atoms with van der Waals surface area (Å²) in [6.07, 6.45) is 0.376. The van der Waals surface area contributed by atoms with Gasteiger partial charge in [-0.1, -0.05) is 0 Å². The molecule has 0 spiro atoms. The normalized spacial score (nSPS) is 12.8. The molecule has 1 aromatic heterocycles. The molecule has 0 saturated carbocycles. The lowest BCUT2D eigenvalue weighted by molar-refractivity contribution is -0.139. The predicted octanol–water partition coefficient (Wildman–Crippen LogP) is 0.237. The van der Waals surface area contributed by atoms with Gasteiger partial charge in [0, 0.05) is 18.8 Å². The zero-order valence-electron chi connectivity index (χ0n) is 7.56. The number of aryl methyl sites for hydroxylation is 2. The Hall–Kier alpha value is -1.36. The number of carboxylic acid groups (broad SMARTS) is 1. The zero-order chi connectivity index (χ0) is 10.0. The van der Waals surface area contributed by atoms with E-state index in [2.05, 4.69) is 5.10 Å². The van der Waals surface area contributed by atoms with Gasteiger partial charge in [-0.2, -0.15) is 5.10 Å². The van der Waals surface area contributed by atoms with Gasteiger partial charge in [0.05, 0.1) is 18.2 Å². The molecule has 1 atom stereocenters. The Morgan fingerprint density at radius 1 is 1.77 bits per heavy atom. The highest BCUT2D eigenvalue weighted by Crippen LogP contribution is 2.18. The van der Waals surface area contributed by atoms with E-state index >= 15 is 0 Å². The Kier molecular flexibility index (Phi) is 2.67. The molecule has 0 aliphatic rings. The van der Waals surface area contributed by atoms with Gasteiger partial charge in [0.15, 0.2) is 0 Å². The number of aliphatic hydroxyl groups is 1. The number of hydrogen-bond donors (Lipinski definition) is 2. The maximum absolute atomic E-state index is 10.3. The first-order valence-corrected chi connectivity index (χ1v) is 3.90. The van der Waals surface area contributed by atoms with Gasteiger partial charge < -0.3 is 10.2 Å². The second-order valence-electron chi connectivity index (χ2n) is 2.96. The molecule has 1 heterocycles. The smallest absolute Gasteiger partial charge is 0.306 e. The van der Waals surface area contributed by atoms with Crippen LogP contribution in [0.3, 0.4) is 0 Å². The molecule has 0 aliphatic heterocycles. The molecule has 72 valence electrons. The van der Waals surface area contributed by atoms with Crippen LogP contribution < -0.4 is 0 Å². The van der Waals surface area contributed by atoms with Crippen molar-refractivity contribution in [3.05, 3.63) is 17.5 Å². The number of carboxylic acids is 1. The summed E-state index contributed by atoms with van der Waals surface area (Å²) in [6.45, 7) is 1.74. The van der Waals surface area contributed by atoms with Crippen molar-refractivity contribution in [3.8, 4) is 0 Å². The van der Waals surface area contributed by atoms with E-state index in [9.17, 15) is 9.90 Å². The van der Waals surface area contributed by atoms with Crippen LogP contribution in [0.15, 0.2) is 6.20 Å². The molecule has 0 aliphatic carbocycles. The third kappa shape index (κ3) is 2.29. The molecule has 2 N–H and O–H groups in total. The molecule has 5 nitrogen and oxygen atoms in total. The molecular formula is C8H12N2O3. The number of rotatable bonds is 3. The fourth-order valence-corrected chi connectivity index (χ4v) is 1.22. The number of aliphatic carboxylic acids is 1. The quantitative estimate of drug-likeness (QED) is 0.705. The monoisotopic (exact) mass is 184 g/mol. The van der Waals surface area contributed by atoms with Crippen LogP contribution >= 0.6 is 0 Å². The molecule has 1 aromatic rings. The van der Waals surface area contributed by atoms with Crippen LogP contribution in [-0.2, 0) is 11.8 Å². The summed E-state index contributed by atoms with van der Waals surface area (Å²) in [5, 5.41) is 21.9. The van der Waals surface area contributed by atoms with E-state index in [1.165, 1.54) is 0 Å². The van der Waals surface area contributed by atoms with E-state index in [1.54, 1.807) is 24.9 Å². The van der Waals surface area contributed by atoms with E-state index in [1.807, 2.05) is 0 Å². The molecule has 1 rings (SSSR count). The Labute approximate surface area is 75.6 Å². The largest absolute Gasteiger partial charge is 0.481 e. The zero-order valence-corrected chi connectivity index (χ0v) is 7.56. The lowest BCUT2D eigenvalue weighted by Crippen LogP contribution is -2.05. The first-order valence-electron chi connectivity index (χ1n) is 3.90. The van der Waals surface area contributed by atoms with E-state index in [-0.39, 0.29) is 6.42 Å². The summed E-state index contributed by atoms with van der Waals surface area (Å²) in [5.74, 6) is -1.02. The van der Waals surface area contributed by atoms with Crippen molar-refractivity contribution in [1.29, 1.82) is 0 Å². The minimum Gasteiger partial charge on any atom is -0.481 e. The third-order valence-corrected chi connectivity index (χ3v) is 1.78. The molecule has 0 amide bonds. The van der Waals surface area contributed by atoms with E-state index in [0.717, 1.165) is 0 Å². The van der Waals surface area contributed by atoms with Gasteiger partial charge >= 0.3 is 5.97 Å². The molecule has 13 heavy (non-hydrogen) atoms. The van der Waals surface area contributed by atoms with Crippen LogP contribution in [-0.4, -0.2) is 26.0 Å². The lowest BCUT2D eigenvalue weighted by atomic mass is 10.1. The van der Waals surface area contributed by atoms with E-state index in [0.29, 0.717) is 11.3 Å². The third-order valence-electron chi connectivity index (χ3n) is 1.78. The van der Waals surface area contributed by atoms with Crippen LogP contribution in [0.25, 0.3) is 0 Å². The Morgan fingerprint density at radius 2 is 2.38 bits per heavy atom. The van der Waals surface area contributed by atoms with Crippen LogP contribution in [0.4, 0.5) is 0 Å². The van der Waals surface area contributed by atoms with Crippen LogP contribution in [0, 0.1) is 6.92 Å². The fraction of sp³-hybridized carbons (Fsp3) is 0.500. The van der Waals surface area contributed by atoms with Crippen molar-refractivity contribution in [2.24, 2.45) is 7.05 Å². The highest BCUT2D eigenvalue weighted by atomic mass is 16.4. The summed E-state index contributed by atoms with van der Waals surface area (Å²) < 4.78 is 1.55. The highest BCUT2D eigenvalue weighted by Gasteiger charge is 2.16. The van der Waals surface area contributed by atoms with E-state index < -0.39 is 12.1 Å². The summed E-state index contributed by atoms with van der Waals surface area (Å²) in [6, 6.07) is 0. The topological polar surface area (TPSA) is 75.3 Å². The Bertz CT molecular complexity index is 319. The van der Waals surface area contributed by atoms with Gasteiger partial charge in [-0.05, 0) is 6.92 Å². The van der Waals surface area contributed by atoms with Gasteiger partial charge in [0.1, 0.15) is 0 Å². The van der Waals surface area contributed by atoms with Crippen molar-refractivity contribution in [2.75, 3.05) is 0 Å². The van der Waals surface area contributed by atoms with E-state index in [4.69, 9.17) is 5.11 Å². The SMILES string of the molecule is Cc1nn(C)cc1[C@@H](O)CC(=O)O. The molecule has 0 unspecified atom stereocenters. The van der Waals surface area contributed by atoms with Crippen molar-refractivity contribution in [3.63, 3.8) is 0 Å². The van der Waals surface area contributed by atoms with Gasteiger partial charge in [-0.3, -0.25) is 9.48 Å². The highest BCUT2D eigenvalue weighted by molar-refractivity contribution is 5.67. The maximum Gasteiger partial charge on any atom is 0.306 e. The molecular weight excluding hydrogens is 172 g/mol. The van der Waals surface area contributed by atoms with Gasteiger partial charge in [0.2, 0.25) is 0 Å². The summed E-state index contributed by atoms with van der Waals surface area (Å²) >= 11 is 0. The van der Waals surface area contributed by atoms with Gasteiger partial charge in [-0.15, -0.1) is 0 Å². The first kappa shape index (κ1) is 9.73. The van der Waals surface area contributed by atoms with Crippen molar-refractivity contribution in [2.45, 2.75) is 19.4 Å². The molecule has 0 aromatic carbocycles. The van der Waals surface area contributed by atoms with Crippen LogP contribution in [0.2, 0.25) is 0 Å². The number of hydrogen-bond acceptors (Lipinski definition) is 3. The van der Waals surface area contributed by atoms with Crippen LogP contribution in [0.5, 0.6) is 0 Å². The number of nitrogens with zero attached hydrogens (tertiary/aromatic N) is 2. The Morgan fingerprint density at radius 3 is 2.77 bits per heavy atom. The lowest BCUT2D eigenvalue weighted by Gasteiger charge is -2.04. The average Bonchev–Trinajstić information content (AvgIpc) is 2.28. The van der Waals surface area contributed by atoms with Crippen molar-refractivity contribution in [1.82, 2.24) is 9.78 Å². The number of carbonyl (C=O) groups is 1. The van der Waals surface area contributed by atoms with Crippen molar-refractivity contribution < 1.29 is 15.0 Å². The second-order valence-corrected chi connectivity index (χ2v) is 2.96. The molecule has 5 heteroatoms. The fourth-order valence-electron chi connectivity index (χ4n) is 1.22. The average molecular weight is 184 g/mol. The van der Waals surface area contributed by atoms with Gasteiger partial charge in [0.25, 0.3) is 0 Å². The molecule has 0 saturated heterocycles. The summed E-state index contributed by atoms with van der Waals surface area (Å²) in [7, 11) is 1.73. The molecule has 0 radical (unpaired) electrons. The summed E-state index contributed by atoms with van der Waals surface area (Å²) in [5.41, 5.74) is 1.24.